The first kappa shape index (κ1) is 12.3. The van der Waals surface area contributed by atoms with E-state index in [0.717, 1.165) is 19.4 Å². The molecule has 0 saturated carbocycles. The van der Waals surface area contributed by atoms with Gasteiger partial charge in [-0.1, -0.05) is 11.6 Å². The summed E-state index contributed by atoms with van der Waals surface area (Å²) < 4.78 is 5.64. The smallest absolute Gasteiger partial charge is 0.156 e. The predicted octanol–water partition coefficient (Wildman–Crippen LogP) is 1.92. The lowest BCUT2D eigenvalue weighted by atomic mass is 10.0. The van der Waals surface area contributed by atoms with E-state index in [2.05, 4.69) is 15.3 Å². The van der Waals surface area contributed by atoms with Gasteiger partial charge >= 0.3 is 0 Å². The molecule has 1 aromatic rings. The summed E-state index contributed by atoms with van der Waals surface area (Å²) >= 11 is 5.81. The third-order valence-corrected chi connectivity index (χ3v) is 3.18. The van der Waals surface area contributed by atoms with Crippen LogP contribution in [0, 0.1) is 0 Å². The van der Waals surface area contributed by atoms with Crippen molar-refractivity contribution in [2.45, 2.75) is 25.4 Å². The van der Waals surface area contributed by atoms with Crippen LogP contribution in [0.15, 0.2) is 6.33 Å². The fourth-order valence-corrected chi connectivity index (χ4v) is 2.04. The number of carbonyl (C=O) groups excluding carboxylic acids is 1. The summed E-state index contributed by atoms with van der Waals surface area (Å²) in [4.78, 5) is 18.7. The molecule has 1 unspecified atom stereocenters. The topological polar surface area (TPSA) is 64.1 Å². The van der Waals surface area contributed by atoms with Crippen LogP contribution in [0.2, 0.25) is 5.15 Å². The standard InChI is InChI=1S/C11H14ClN3O2/c1-11(3-2-4-17-11)6-13-10-8(5-16)9(12)14-7-15-10/h5,7H,2-4,6H2,1H3,(H,13,14,15). The molecule has 1 aliphatic heterocycles. The zero-order valence-corrected chi connectivity index (χ0v) is 10.3. The second-order valence-corrected chi connectivity index (χ2v) is 4.66. The molecule has 0 bridgehead atoms. The third-order valence-electron chi connectivity index (χ3n) is 2.88. The molecule has 2 heterocycles. The highest BCUT2D eigenvalue weighted by Gasteiger charge is 2.29. The van der Waals surface area contributed by atoms with Gasteiger partial charge in [-0.05, 0) is 19.8 Å². The Morgan fingerprint density at radius 2 is 2.47 bits per heavy atom. The van der Waals surface area contributed by atoms with Crippen molar-refractivity contribution in [1.82, 2.24) is 9.97 Å². The molecule has 0 spiro atoms. The fraction of sp³-hybridized carbons (Fsp3) is 0.545. The summed E-state index contributed by atoms with van der Waals surface area (Å²) in [5.41, 5.74) is 0.0909. The van der Waals surface area contributed by atoms with Crippen LogP contribution >= 0.6 is 11.6 Å². The molecular weight excluding hydrogens is 242 g/mol. The highest BCUT2D eigenvalue weighted by Crippen LogP contribution is 2.26. The van der Waals surface area contributed by atoms with Crippen LogP contribution in [-0.2, 0) is 4.74 Å². The Bertz CT molecular complexity index is 419. The molecule has 1 aliphatic rings. The van der Waals surface area contributed by atoms with Gasteiger partial charge in [-0.2, -0.15) is 0 Å². The molecule has 1 N–H and O–H groups in total. The number of halogens is 1. The van der Waals surface area contributed by atoms with E-state index in [1.807, 2.05) is 6.92 Å². The molecule has 1 fully saturated rings. The van der Waals surface area contributed by atoms with Crippen LogP contribution in [0.1, 0.15) is 30.1 Å². The fourth-order valence-electron chi connectivity index (χ4n) is 1.87. The van der Waals surface area contributed by atoms with Gasteiger partial charge in [0.1, 0.15) is 17.3 Å². The number of ether oxygens (including phenoxy) is 1. The molecule has 6 heteroatoms. The van der Waals surface area contributed by atoms with Crippen LogP contribution in [-0.4, -0.2) is 35.0 Å². The number of hydrogen-bond acceptors (Lipinski definition) is 5. The van der Waals surface area contributed by atoms with Gasteiger partial charge < -0.3 is 10.1 Å². The van der Waals surface area contributed by atoms with E-state index in [1.165, 1.54) is 6.33 Å². The quantitative estimate of drug-likeness (QED) is 0.658. The normalized spacial score (nSPS) is 23.6. The lowest BCUT2D eigenvalue weighted by molar-refractivity contribution is 0.0314. The summed E-state index contributed by atoms with van der Waals surface area (Å²) in [7, 11) is 0. The number of rotatable bonds is 4. The van der Waals surface area contributed by atoms with Crippen molar-refractivity contribution in [3.05, 3.63) is 17.0 Å². The molecule has 2 rings (SSSR count). The van der Waals surface area contributed by atoms with Gasteiger partial charge in [0.05, 0.1) is 11.2 Å². The SMILES string of the molecule is CC1(CNc2ncnc(Cl)c2C=O)CCCO1. The van der Waals surface area contributed by atoms with E-state index >= 15 is 0 Å². The van der Waals surface area contributed by atoms with Crippen molar-refractivity contribution in [1.29, 1.82) is 0 Å². The number of carbonyl (C=O) groups is 1. The van der Waals surface area contributed by atoms with Gasteiger partial charge in [0.15, 0.2) is 6.29 Å². The Morgan fingerprint density at radius 1 is 1.65 bits per heavy atom. The molecule has 5 nitrogen and oxygen atoms in total. The minimum Gasteiger partial charge on any atom is -0.373 e. The highest BCUT2D eigenvalue weighted by molar-refractivity contribution is 6.32. The number of anilines is 1. The van der Waals surface area contributed by atoms with E-state index in [-0.39, 0.29) is 16.3 Å². The average Bonchev–Trinajstić information content (AvgIpc) is 2.74. The number of aldehydes is 1. The van der Waals surface area contributed by atoms with Crippen LogP contribution < -0.4 is 5.32 Å². The Hall–Kier alpha value is -1.20. The molecule has 1 saturated heterocycles. The Balaban J connectivity index is 2.08. The number of hydrogen-bond donors (Lipinski definition) is 1. The number of nitrogens with zero attached hydrogens (tertiary/aromatic N) is 2. The number of nitrogens with one attached hydrogen (secondary N) is 1. The van der Waals surface area contributed by atoms with Gasteiger partial charge in [-0.15, -0.1) is 0 Å². The van der Waals surface area contributed by atoms with Crippen molar-refractivity contribution >= 4 is 23.7 Å². The van der Waals surface area contributed by atoms with E-state index in [4.69, 9.17) is 16.3 Å². The largest absolute Gasteiger partial charge is 0.373 e. The lowest BCUT2D eigenvalue weighted by Gasteiger charge is -2.23. The highest BCUT2D eigenvalue weighted by atomic mass is 35.5. The summed E-state index contributed by atoms with van der Waals surface area (Å²) in [6.45, 7) is 3.42. The summed E-state index contributed by atoms with van der Waals surface area (Å²) in [5.74, 6) is 0.455. The first-order chi connectivity index (χ1) is 8.14. The van der Waals surface area contributed by atoms with E-state index < -0.39 is 0 Å². The molecular formula is C11H14ClN3O2. The van der Waals surface area contributed by atoms with Crippen LogP contribution in [0.5, 0.6) is 0 Å². The van der Waals surface area contributed by atoms with Crippen molar-refractivity contribution in [2.75, 3.05) is 18.5 Å². The maximum absolute atomic E-state index is 10.9. The second kappa shape index (κ2) is 4.98. The van der Waals surface area contributed by atoms with Crippen molar-refractivity contribution < 1.29 is 9.53 Å². The molecule has 92 valence electrons. The van der Waals surface area contributed by atoms with Gasteiger partial charge in [0, 0.05) is 13.2 Å². The molecule has 0 aliphatic carbocycles. The minimum absolute atomic E-state index is 0.162. The maximum atomic E-state index is 10.9. The van der Waals surface area contributed by atoms with Gasteiger partial charge in [0.2, 0.25) is 0 Å². The molecule has 0 amide bonds. The maximum Gasteiger partial charge on any atom is 0.156 e. The molecule has 17 heavy (non-hydrogen) atoms. The third kappa shape index (κ3) is 2.73. The zero-order valence-electron chi connectivity index (χ0n) is 9.57. The summed E-state index contributed by atoms with van der Waals surface area (Å²) in [6, 6.07) is 0. The second-order valence-electron chi connectivity index (χ2n) is 4.30. The van der Waals surface area contributed by atoms with Crippen LogP contribution in [0.25, 0.3) is 0 Å². The monoisotopic (exact) mass is 255 g/mol. The minimum atomic E-state index is -0.197. The Kier molecular flexibility index (Phi) is 3.59. The van der Waals surface area contributed by atoms with Gasteiger partial charge in [0.25, 0.3) is 0 Å². The van der Waals surface area contributed by atoms with Crippen LogP contribution in [0.3, 0.4) is 0 Å². The van der Waals surface area contributed by atoms with Gasteiger partial charge in [-0.25, -0.2) is 9.97 Å². The van der Waals surface area contributed by atoms with Crippen molar-refractivity contribution in [2.24, 2.45) is 0 Å². The van der Waals surface area contributed by atoms with E-state index in [9.17, 15) is 4.79 Å². The lowest BCUT2D eigenvalue weighted by Crippen LogP contribution is -2.33. The van der Waals surface area contributed by atoms with Crippen molar-refractivity contribution in [3.8, 4) is 0 Å². The predicted molar refractivity (Wildman–Crippen MR) is 64.5 cm³/mol. The van der Waals surface area contributed by atoms with E-state index in [0.29, 0.717) is 18.6 Å². The summed E-state index contributed by atoms with van der Waals surface area (Å²) in [6.07, 6.45) is 4.04. The van der Waals surface area contributed by atoms with E-state index in [1.54, 1.807) is 0 Å². The Morgan fingerprint density at radius 3 is 3.12 bits per heavy atom. The first-order valence-corrected chi connectivity index (χ1v) is 5.86. The van der Waals surface area contributed by atoms with Gasteiger partial charge in [-0.3, -0.25) is 4.79 Å². The molecule has 0 radical (unpaired) electrons. The summed E-state index contributed by atoms with van der Waals surface area (Å²) in [5, 5.41) is 3.26. The average molecular weight is 256 g/mol. The Labute approximate surface area is 105 Å². The zero-order chi connectivity index (χ0) is 12.3. The molecule has 0 aromatic carbocycles. The first-order valence-electron chi connectivity index (χ1n) is 5.48. The number of aromatic nitrogens is 2. The van der Waals surface area contributed by atoms with Crippen LogP contribution in [0.4, 0.5) is 5.82 Å². The molecule has 1 atom stereocenters. The van der Waals surface area contributed by atoms with Crippen molar-refractivity contribution in [3.63, 3.8) is 0 Å². The molecule has 1 aromatic heterocycles.